The summed E-state index contributed by atoms with van der Waals surface area (Å²) < 4.78 is 81.1. The zero-order valence-electron chi connectivity index (χ0n) is 21.5. The van der Waals surface area contributed by atoms with Gasteiger partial charge in [-0.2, -0.15) is 8.78 Å². The summed E-state index contributed by atoms with van der Waals surface area (Å²) >= 11 is 0. The van der Waals surface area contributed by atoms with Crippen LogP contribution >= 0.6 is 0 Å². The largest absolute Gasteiger partial charge is 0.429 e. The third-order valence-electron chi connectivity index (χ3n) is 7.76. The number of benzene rings is 2. The van der Waals surface area contributed by atoms with Crippen LogP contribution in [0.4, 0.5) is 26.3 Å². The van der Waals surface area contributed by atoms with E-state index in [9.17, 15) is 26.3 Å². The van der Waals surface area contributed by atoms with Crippen molar-refractivity contribution in [3.05, 3.63) is 53.6 Å². The fourth-order valence-electron chi connectivity index (χ4n) is 5.63. The normalized spacial score (nSPS) is 23.9. The SMILES string of the molecule is CCCC1CCC(CCF)CC1.Fc1cc(-c2ccc(C3CCC(F)CC3)cc2)cc(F)c1OC(F)F. The minimum absolute atomic E-state index is 0.108. The van der Waals surface area contributed by atoms with Crippen molar-refractivity contribution in [2.45, 2.75) is 96.3 Å². The zero-order valence-corrected chi connectivity index (χ0v) is 21.5. The summed E-state index contributed by atoms with van der Waals surface area (Å²) in [6.07, 6.45) is 10.8. The molecule has 0 N–H and O–H groups in total. The van der Waals surface area contributed by atoms with Crippen LogP contribution in [0.25, 0.3) is 11.1 Å². The van der Waals surface area contributed by atoms with Gasteiger partial charge in [0.25, 0.3) is 0 Å². The molecule has 0 saturated heterocycles. The van der Waals surface area contributed by atoms with E-state index in [4.69, 9.17) is 0 Å². The van der Waals surface area contributed by atoms with Crippen LogP contribution in [0.5, 0.6) is 5.75 Å². The predicted octanol–water partition coefficient (Wildman–Crippen LogP) is 10.2. The number of hydrogen-bond donors (Lipinski definition) is 0. The van der Waals surface area contributed by atoms with E-state index in [1.165, 1.54) is 38.5 Å². The Bertz CT molecular complexity index is 895. The Balaban J connectivity index is 0.000000266. The Morgan fingerprint density at radius 3 is 1.81 bits per heavy atom. The molecule has 0 spiro atoms. The van der Waals surface area contributed by atoms with Gasteiger partial charge in [0.1, 0.15) is 6.17 Å². The van der Waals surface area contributed by atoms with Crippen molar-refractivity contribution in [3.8, 4) is 16.9 Å². The van der Waals surface area contributed by atoms with Crippen molar-refractivity contribution >= 4 is 0 Å². The van der Waals surface area contributed by atoms with Gasteiger partial charge in [0.2, 0.25) is 0 Å². The minimum atomic E-state index is -3.30. The first-order chi connectivity index (χ1) is 17.8. The molecular weight excluding hydrogens is 490 g/mol. The second kappa shape index (κ2) is 14.7. The summed E-state index contributed by atoms with van der Waals surface area (Å²) in [4.78, 5) is 0. The molecule has 0 radical (unpaired) electrons. The molecule has 37 heavy (non-hydrogen) atoms. The first kappa shape index (κ1) is 29.4. The van der Waals surface area contributed by atoms with Crippen molar-refractivity contribution in [1.82, 2.24) is 0 Å². The Morgan fingerprint density at radius 2 is 1.32 bits per heavy atom. The van der Waals surface area contributed by atoms with Gasteiger partial charge in [-0.25, -0.2) is 13.2 Å². The van der Waals surface area contributed by atoms with Crippen molar-refractivity contribution in [2.24, 2.45) is 11.8 Å². The minimum Gasteiger partial charge on any atom is -0.429 e. The molecule has 4 rings (SSSR count). The molecule has 0 aliphatic heterocycles. The quantitative estimate of drug-likeness (QED) is 0.310. The van der Waals surface area contributed by atoms with E-state index in [1.54, 1.807) is 12.1 Å². The van der Waals surface area contributed by atoms with Crippen LogP contribution in [0.2, 0.25) is 0 Å². The lowest BCUT2D eigenvalue weighted by atomic mass is 9.79. The highest BCUT2D eigenvalue weighted by molar-refractivity contribution is 5.65. The first-order valence-electron chi connectivity index (χ1n) is 13.5. The third-order valence-corrected chi connectivity index (χ3v) is 7.76. The summed E-state index contributed by atoms with van der Waals surface area (Å²) in [5, 5.41) is 0. The molecular formula is C30H38F6O. The molecule has 2 fully saturated rings. The Labute approximate surface area is 216 Å². The predicted molar refractivity (Wildman–Crippen MR) is 135 cm³/mol. The molecule has 0 amide bonds. The lowest BCUT2D eigenvalue weighted by Gasteiger charge is -2.27. The average Bonchev–Trinajstić information content (AvgIpc) is 2.88. The summed E-state index contributed by atoms with van der Waals surface area (Å²) in [5.74, 6) is -1.48. The number of hydrogen-bond acceptors (Lipinski definition) is 1. The number of halogens is 6. The molecule has 0 bridgehead atoms. The molecule has 2 aromatic rings. The average molecular weight is 529 g/mol. The van der Waals surface area contributed by atoms with E-state index in [2.05, 4.69) is 11.7 Å². The van der Waals surface area contributed by atoms with E-state index >= 15 is 0 Å². The van der Waals surface area contributed by atoms with Gasteiger partial charge in [-0.15, -0.1) is 0 Å². The van der Waals surface area contributed by atoms with Crippen LogP contribution in [0, 0.1) is 23.5 Å². The number of alkyl halides is 4. The molecule has 2 aromatic carbocycles. The van der Waals surface area contributed by atoms with Crippen LogP contribution in [0.15, 0.2) is 36.4 Å². The van der Waals surface area contributed by atoms with Crippen molar-refractivity contribution in [1.29, 1.82) is 0 Å². The van der Waals surface area contributed by atoms with Crippen molar-refractivity contribution in [3.63, 3.8) is 0 Å². The molecule has 0 atom stereocenters. The second-order valence-electron chi connectivity index (χ2n) is 10.4. The number of rotatable bonds is 8. The van der Waals surface area contributed by atoms with Crippen molar-refractivity contribution in [2.75, 3.05) is 6.67 Å². The lowest BCUT2D eigenvalue weighted by Crippen LogP contribution is -2.14. The van der Waals surface area contributed by atoms with Gasteiger partial charge in [-0.3, -0.25) is 4.39 Å². The first-order valence-corrected chi connectivity index (χ1v) is 13.5. The number of ether oxygens (including phenoxy) is 1. The van der Waals surface area contributed by atoms with Crippen molar-refractivity contribution < 1.29 is 31.1 Å². The molecule has 206 valence electrons. The zero-order chi connectivity index (χ0) is 26.8. The molecule has 2 aliphatic carbocycles. The maximum Gasteiger partial charge on any atom is 0.387 e. The molecule has 0 aromatic heterocycles. The molecule has 2 aliphatic rings. The standard InChI is InChI=1S/C19H17F5O.C11H21F/c20-15-7-5-12(6-8-15)11-1-3-13(4-2-11)14-9-16(21)18(17(22)10-14)25-19(23)24;1-2-3-10-4-6-11(7-5-10)8-9-12/h1-4,9-10,12,15,19H,5-8H2;10-11H,2-9H2,1H3. The van der Waals surface area contributed by atoms with Gasteiger partial charge in [-0.05, 0) is 78.7 Å². The van der Waals surface area contributed by atoms with Gasteiger partial charge < -0.3 is 4.74 Å². The highest BCUT2D eigenvalue weighted by atomic mass is 19.3. The smallest absolute Gasteiger partial charge is 0.387 e. The summed E-state index contributed by atoms with van der Waals surface area (Å²) in [5.41, 5.74) is 1.86. The Hall–Kier alpha value is -2.18. The Morgan fingerprint density at radius 1 is 0.784 bits per heavy atom. The Kier molecular flexibility index (Phi) is 11.7. The topological polar surface area (TPSA) is 9.23 Å². The van der Waals surface area contributed by atoms with Gasteiger partial charge >= 0.3 is 6.61 Å². The van der Waals surface area contributed by atoms with Crippen LogP contribution in [0.1, 0.15) is 89.0 Å². The van der Waals surface area contributed by atoms with E-state index in [1.807, 2.05) is 12.1 Å². The van der Waals surface area contributed by atoms with E-state index < -0.39 is 30.2 Å². The second-order valence-corrected chi connectivity index (χ2v) is 10.4. The maximum atomic E-state index is 13.8. The summed E-state index contributed by atoms with van der Waals surface area (Å²) in [7, 11) is 0. The highest BCUT2D eigenvalue weighted by Gasteiger charge is 2.22. The van der Waals surface area contributed by atoms with Gasteiger partial charge in [-0.1, -0.05) is 69.7 Å². The third kappa shape index (κ3) is 8.96. The fraction of sp³-hybridized carbons (Fsp3) is 0.600. The van der Waals surface area contributed by atoms with E-state index in [0.29, 0.717) is 24.3 Å². The van der Waals surface area contributed by atoms with Gasteiger partial charge in [0.05, 0.1) is 6.67 Å². The molecule has 7 heteroatoms. The van der Waals surface area contributed by atoms with E-state index in [0.717, 1.165) is 42.9 Å². The van der Waals surface area contributed by atoms with Gasteiger partial charge in [0, 0.05) is 0 Å². The van der Waals surface area contributed by atoms with Crippen LogP contribution < -0.4 is 4.74 Å². The molecule has 0 unspecified atom stereocenters. The van der Waals surface area contributed by atoms with Crippen LogP contribution in [-0.2, 0) is 0 Å². The molecule has 1 nitrogen and oxygen atoms in total. The maximum absolute atomic E-state index is 13.8. The lowest BCUT2D eigenvalue weighted by molar-refractivity contribution is -0.0546. The monoisotopic (exact) mass is 528 g/mol. The fourth-order valence-corrected chi connectivity index (χ4v) is 5.63. The van der Waals surface area contributed by atoms with Gasteiger partial charge in [0.15, 0.2) is 17.4 Å². The van der Waals surface area contributed by atoms with Crippen LogP contribution in [-0.4, -0.2) is 19.5 Å². The van der Waals surface area contributed by atoms with E-state index in [-0.39, 0.29) is 18.2 Å². The van der Waals surface area contributed by atoms with Crippen LogP contribution in [0.3, 0.4) is 0 Å². The summed E-state index contributed by atoms with van der Waals surface area (Å²) in [6, 6.07) is 9.08. The molecule has 2 saturated carbocycles. The summed E-state index contributed by atoms with van der Waals surface area (Å²) in [6.45, 7) is -1.15. The molecule has 0 heterocycles. The highest BCUT2D eigenvalue weighted by Crippen LogP contribution is 2.36.